The molecular formula is C22H46N2. The van der Waals surface area contributed by atoms with Crippen LogP contribution in [0, 0.1) is 0 Å². The number of hydrogen-bond acceptors (Lipinski definition) is 2. The van der Waals surface area contributed by atoms with E-state index in [1.807, 2.05) is 0 Å². The van der Waals surface area contributed by atoms with E-state index in [4.69, 9.17) is 5.73 Å². The molecular weight excluding hydrogens is 292 g/mol. The normalized spacial score (nSPS) is 10.9. The average molecular weight is 339 g/mol. The van der Waals surface area contributed by atoms with Gasteiger partial charge >= 0.3 is 0 Å². The Morgan fingerprint density at radius 3 is 1.17 bits per heavy atom. The molecule has 0 fully saturated rings. The largest absolute Gasteiger partial charge is 0.386 e. The van der Waals surface area contributed by atoms with Gasteiger partial charge in [-0.2, -0.15) is 0 Å². The van der Waals surface area contributed by atoms with E-state index in [9.17, 15) is 0 Å². The molecule has 0 saturated heterocycles. The molecule has 0 rings (SSSR count). The molecule has 0 heterocycles. The van der Waals surface area contributed by atoms with Crippen LogP contribution in [0.2, 0.25) is 0 Å². The Morgan fingerprint density at radius 2 is 0.875 bits per heavy atom. The molecule has 0 aromatic rings. The minimum atomic E-state index is 0.765. The van der Waals surface area contributed by atoms with Crippen LogP contribution in [-0.2, 0) is 0 Å². The Balaban J connectivity index is 3.49. The Bertz CT molecular complexity index is 243. The highest BCUT2D eigenvalue weighted by molar-refractivity contribution is 4.86. The van der Waals surface area contributed by atoms with Crippen LogP contribution >= 0.6 is 0 Å². The van der Waals surface area contributed by atoms with Crippen LogP contribution in [0.15, 0.2) is 12.4 Å². The van der Waals surface area contributed by atoms with Crippen LogP contribution in [0.25, 0.3) is 0 Å². The molecule has 24 heavy (non-hydrogen) atoms. The molecule has 2 heteroatoms. The fourth-order valence-electron chi connectivity index (χ4n) is 3.27. The van der Waals surface area contributed by atoms with E-state index < -0.39 is 0 Å². The van der Waals surface area contributed by atoms with Crippen molar-refractivity contribution in [2.24, 2.45) is 5.73 Å². The van der Waals surface area contributed by atoms with Gasteiger partial charge in [-0.1, -0.05) is 110 Å². The maximum Gasteiger partial charge on any atom is 0.0912 e. The highest BCUT2D eigenvalue weighted by Crippen LogP contribution is 2.12. The summed E-state index contributed by atoms with van der Waals surface area (Å²) in [5.41, 5.74) is 5.96. The summed E-state index contributed by atoms with van der Waals surface area (Å²) in [7, 11) is 0. The van der Waals surface area contributed by atoms with Crippen LogP contribution in [-0.4, -0.2) is 18.0 Å². The van der Waals surface area contributed by atoms with Crippen LogP contribution in [0.4, 0.5) is 0 Å². The van der Waals surface area contributed by atoms with Gasteiger partial charge in [0.1, 0.15) is 0 Å². The quantitative estimate of drug-likeness (QED) is 0.257. The van der Waals surface area contributed by atoms with E-state index in [0.29, 0.717) is 0 Å². The van der Waals surface area contributed by atoms with Crippen LogP contribution in [0.1, 0.15) is 117 Å². The van der Waals surface area contributed by atoms with Gasteiger partial charge in [-0.05, 0) is 12.8 Å². The molecule has 144 valence electrons. The van der Waals surface area contributed by atoms with E-state index >= 15 is 0 Å². The molecule has 0 aromatic heterocycles. The SMILES string of the molecule is C=C(N)N(CCCCCCCCCC)CCCCCCCCCC. The molecule has 0 atom stereocenters. The molecule has 2 N–H and O–H groups in total. The van der Waals surface area contributed by atoms with E-state index in [1.54, 1.807) is 0 Å². The summed E-state index contributed by atoms with van der Waals surface area (Å²) < 4.78 is 0. The van der Waals surface area contributed by atoms with Crippen molar-refractivity contribution >= 4 is 0 Å². The van der Waals surface area contributed by atoms with Crippen molar-refractivity contribution in [2.45, 2.75) is 117 Å². The van der Waals surface area contributed by atoms with Gasteiger partial charge in [0, 0.05) is 13.1 Å². The zero-order valence-corrected chi connectivity index (χ0v) is 17.0. The molecule has 0 saturated carbocycles. The summed E-state index contributed by atoms with van der Waals surface area (Å²) in [6.45, 7) is 10.7. The fourth-order valence-corrected chi connectivity index (χ4v) is 3.27. The average Bonchev–Trinajstić information content (AvgIpc) is 2.57. The van der Waals surface area contributed by atoms with Crippen molar-refractivity contribution in [2.75, 3.05) is 13.1 Å². The first-order valence-corrected chi connectivity index (χ1v) is 10.9. The summed E-state index contributed by atoms with van der Waals surface area (Å²) in [5, 5.41) is 0. The molecule has 0 spiro atoms. The second-order valence-electron chi connectivity index (χ2n) is 7.43. The molecule has 0 radical (unpaired) electrons. The Labute approximate surface area is 153 Å². The zero-order chi connectivity index (χ0) is 17.9. The third-order valence-corrected chi connectivity index (χ3v) is 4.97. The molecule has 0 bridgehead atoms. The van der Waals surface area contributed by atoms with Gasteiger partial charge in [0.15, 0.2) is 0 Å². The number of rotatable bonds is 19. The summed E-state index contributed by atoms with van der Waals surface area (Å²) in [6.07, 6.45) is 21.9. The Hall–Kier alpha value is -0.660. The monoisotopic (exact) mass is 338 g/mol. The van der Waals surface area contributed by atoms with Gasteiger partial charge in [0.25, 0.3) is 0 Å². The van der Waals surface area contributed by atoms with Gasteiger partial charge in [-0.3, -0.25) is 0 Å². The molecule has 0 amide bonds. The third kappa shape index (κ3) is 16.2. The summed E-state index contributed by atoms with van der Waals surface area (Å²) in [6, 6.07) is 0. The lowest BCUT2D eigenvalue weighted by atomic mass is 10.1. The number of unbranched alkanes of at least 4 members (excludes halogenated alkanes) is 14. The molecule has 0 aliphatic carbocycles. The number of nitrogens with zero attached hydrogens (tertiary/aromatic N) is 1. The molecule has 0 aromatic carbocycles. The predicted octanol–water partition coefficient (Wildman–Crippen LogP) is 7.00. The highest BCUT2D eigenvalue weighted by Gasteiger charge is 2.04. The summed E-state index contributed by atoms with van der Waals surface area (Å²) in [4.78, 5) is 2.30. The lowest BCUT2D eigenvalue weighted by Crippen LogP contribution is -2.29. The van der Waals surface area contributed by atoms with Crippen molar-refractivity contribution in [3.63, 3.8) is 0 Å². The molecule has 0 aliphatic rings. The highest BCUT2D eigenvalue weighted by atomic mass is 15.2. The van der Waals surface area contributed by atoms with Crippen molar-refractivity contribution in [1.82, 2.24) is 4.90 Å². The maximum absolute atomic E-state index is 5.96. The molecule has 2 nitrogen and oxygen atoms in total. The second-order valence-corrected chi connectivity index (χ2v) is 7.43. The van der Waals surface area contributed by atoms with Crippen molar-refractivity contribution in [3.05, 3.63) is 12.4 Å². The Kier molecular flexibility index (Phi) is 18.2. The smallest absolute Gasteiger partial charge is 0.0912 e. The third-order valence-electron chi connectivity index (χ3n) is 4.97. The minimum absolute atomic E-state index is 0.765. The van der Waals surface area contributed by atoms with Gasteiger partial charge in [0.05, 0.1) is 5.82 Å². The molecule has 0 unspecified atom stereocenters. The first-order valence-electron chi connectivity index (χ1n) is 10.9. The fraction of sp³-hybridized carbons (Fsp3) is 0.909. The van der Waals surface area contributed by atoms with Crippen LogP contribution in [0.5, 0.6) is 0 Å². The summed E-state index contributed by atoms with van der Waals surface area (Å²) >= 11 is 0. The van der Waals surface area contributed by atoms with Gasteiger partial charge in [-0.25, -0.2) is 0 Å². The van der Waals surface area contributed by atoms with Gasteiger partial charge in [-0.15, -0.1) is 0 Å². The second kappa shape index (κ2) is 18.7. The summed E-state index contributed by atoms with van der Waals surface area (Å²) in [5.74, 6) is 0.765. The first kappa shape index (κ1) is 23.3. The van der Waals surface area contributed by atoms with Crippen LogP contribution < -0.4 is 5.73 Å². The van der Waals surface area contributed by atoms with Crippen molar-refractivity contribution in [3.8, 4) is 0 Å². The van der Waals surface area contributed by atoms with Crippen molar-refractivity contribution in [1.29, 1.82) is 0 Å². The van der Waals surface area contributed by atoms with E-state index in [2.05, 4.69) is 25.3 Å². The van der Waals surface area contributed by atoms with Gasteiger partial charge < -0.3 is 10.6 Å². The van der Waals surface area contributed by atoms with Crippen LogP contribution in [0.3, 0.4) is 0 Å². The number of hydrogen-bond donors (Lipinski definition) is 1. The lowest BCUT2D eigenvalue weighted by molar-refractivity contribution is 0.320. The predicted molar refractivity (Wildman–Crippen MR) is 110 cm³/mol. The van der Waals surface area contributed by atoms with Crippen molar-refractivity contribution < 1.29 is 0 Å². The maximum atomic E-state index is 5.96. The number of nitrogens with two attached hydrogens (primary N) is 1. The minimum Gasteiger partial charge on any atom is -0.386 e. The van der Waals surface area contributed by atoms with Gasteiger partial charge in [0.2, 0.25) is 0 Å². The molecule has 0 aliphatic heterocycles. The van der Waals surface area contributed by atoms with E-state index in [1.165, 1.54) is 103 Å². The van der Waals surface area contributed by atoms with E-state index in [-0.39, 0.29) is 0 Å². The topological polar surface area (TPSA) is 29.3 Å². The standard InChI is InChI=1S/C22H46N2/c1-4-6-8-10-12-14-16-18-20-24(22(3)23)21-19-17-15-13-11-9-7-5-2/h3-21,23H2,1-2H3. The Morgan fingerprint density at radius 1 is 0.583 bits per heavy atom. The van der Waals surface area contributed by atoms with E-state index in [0.717, 1.165) is 18.9 Å². The lowest BCUT2D eigenvalue weighted by Gasteiger charge is -2.24. The zero-order valence-electron chi connectivity index (χ0n) is 17.0. The first-order chi connectivity index (χ1) is 11.7.